The van der Waals surface area contributed by atoms with Crippen LogP contribution in [0.5, 0.6) is 0 Å². The summed E-state index contributed by atoms with van der Waals surface area (Å²) in [5.74, 6) is 0. The first kappa shape index (κ1) is 2.53. The van der Waals surface area contributed by atoms with Crippen molar-refractivity contribution in [2.45, 2.75) is 0 Å². The van der Waals surface area contributed by atoms with Crippen LogP contribution in [0.1, 0.15) is 0 Å². The summed E-state index contributed by atoms with van der Waals surface area (Å²) < 4.78 is 0. The van der Waals surface area contributed by atoms with Gasteiger partial charge in [0.1, 0.15) is 6.20 Å². The second-order valence-electron chi connectivity index (χ2n) is 0.556. The van der Waals surface area contributed by atoms with Gasteiger partial charge in [-0.2, -0.15) is 0 Å². The molecular weight excluding hydrogens is 68.0 g/mol. The van der Waals surface area contributed by atoms with E-state index in [2.05, 4.69) is 28.3 Å². The highest BCUT2D eigenvalue weighted by atomic mass is 16.7. The maximum atomic E-state index is 4.22. The Balaban J connectivity index is 2.32. The van der Waals surface area contributed by atoms with Gasteiger partial charge in [-0.15, -0.1) is 0 Å². The van der Waals surface area contributed by atoms with Crippen molar-refractivity contribution >= 4 is 0 Å². The van der Waals surface area contributed by atoms with Gasteiger partial charge in [-0.25, -0.2) is 0 Å². The molecule has 3 nitrogen and oxygen atoms in total. The molecule has 1 heterocycles. The molecule has 0 saturated carbocycles. The van der Waals surface area contributed by atoms with Gasteiger partial charge in [0.05, 0.1) is 0 Å². The topological polar surface area (TPSA) is 33.3 Å². The molecule has 0 saturated heterocycles. The molecule has 0 spiro atoms. The minimum absolute atomic E-state index is 2.25. The van der Waals surface area contributed by atoms with E-state index in [9.17, 15) is 0 Å². The molecule has 0 aromatic carbocycles. The summed E-state index contributed by atoms with van der Waals surface area (Å²) in [6, 6.07) is 0. The Morgan fingerprint density at radius 1 is 1.60 bits per heavy atom. The van der Waals surface area contributed by atoms with E-state index in [-0.39, 0.29) is 0 Å². The van der Waals surface area contributed by atoms with Crippen LogP contribution in [0, 0.1) is 12.5 Å². The molecule has 2 radical (unpaired) electrons. The van der Waals surface area contributed by atoms with Gasteiger partial charge in [0.15, 0.2) is 0 Å². The zero-order valence-electron chi connectivity index (χ0n) is 2.41. The third-order valence-electron chi connectivity index (χ3n) is 0.267. The first-order valence-corrected chi connectivity index (χ1v) is 1.16. The fraction of sp³-hybridized carbons (Fsp3) is 0. The fourth-order valence-corrected chi connectivity index (χ4v) is 0.128. The van der Waals surface area contributed by atoms with E-state index in [4.69, 9.17) is 0 Å². The average Bonchev–Trinajstić information content (AvgIpc) is 1.76. The molecule has 0 fully saturated rings. The molecule has 26 valence electrons. The van der Waals surface area contributed by atoms with Crippen molar-refractivity contribution in [1.82, 2.24) is 11.0 Å². The molecule has 5 heavy (non-hydrogen) atoms. The maximum absolute atomic E-state index is 4.22. The van der Waals surface area contributed by atoms with Gasteiger partial charge >= 0.3 is 0 Å². The summed E-state index contributed by atoms with van der Waals surface area (Å²) in [6.45, 7) is 0. The summed E-state index contributed by atoms with van der Waals surface area (Å²) in [4.78, 5) is 4.22. The van der Waals surface area contributed by atoms with E-state index in [1.807, 2.05) is 0 Å². The van der Waals surface area contributed by atoms with Crippen LogP contribution in [0.4, 0.5) is 0 Å². The molecule has 1 aliphatic heterocycles. The minimum atomic E-state index is 2.25. The summed E-state index contributed by atoms with van der Waals surface area (Å²) >= 11 is 0. The monoisotopic (exact) mass is 70.0 g/mol. The van der Waals surface area contributed by atoms with Crippen molar-refractivity contribution < 1.29 is 4.84 Å². The van der Waals surface area contributed by atoms with Crippen LogP contribution < -0.4 is 11.0 Å². The Morgan fingerprint density at radius 2 is 2.60 bits per heavy atom. The molecule has 3 heteroatoms. The molecule has 1 rings (SSSR count). The maximum Gasteiger partial charge on any atom is 0.223 e. The number of hydrogen-bond donors (Lipinski definition) is 2. The molecule has 0 amide bonds. The van der Waals surface area contributed by atoms with Gasteiger partial charge in [0.25, 0.3) is 0 Å². The average molecular weight is 70.1 g/mol. The molecule has 0 bridgehead atoms. The van der Waals surface area contributed by atoms with E-state index in [0.29, 0.717) is 0 Å². The molecule has 0 atom stereocenters. The van der Waals surface area contributed by atoms with E-state index < -0.39 is 0 Å². The summed E-state index contributed by atoms with van der Waals surface area (Å²) in [6.07, 6.45) is 4.64. The van der Waals surface area contributed by atoms with Crippen LogP contribution in [-0.4, -0.2) is 0 Å². The van der Waals surface area contributed by atoms with Crippen LogP contribution in [0.2, 0.25) is 0 Å². The Hall–Kier alpha value is -0.700. The third-order valence-corrected chi connectivity index (χ3v) is 0.267. The van der Waals surface area contributed by atoms with Gasteiger partial charge in [0.2, 0.25) is 6.26 Å². The van der Waals surface area contributed by atoms with E-state index >= 15 is 0 Å². The lowest BCUT2D eigenvalue weighted by Gasteiger charge is -1.83. The largest absolute Gasteiger partial charge is 0.383 e. The first-order valence-electron chi connectivity index (χ1n) is 1.16. The van der Waals surface area contributed by atoms with E-state index in [0.717, 1.165) is 0 Å². The van der Waals surface area contributed by atoms with Gasteiger partial charge in [-0.3, -0.25) is 5.43 Å². The van der Waals surface area contributed by atoms with Crippen molar-refractivity contribution in [2.75, 3.05) is 0 Å². The second-order valence-corrected chi connectivity index (χ2v) is 0.556. The zero-order chi connectivity index (χ0) is 3.54. The molecular formula is C2H2N2O. The molecule has 2 N–H and O–H groups in total. The number of hydrazine groups is 1. The minimum Gasteiger partial charge on any atom is -0.383 e. The summed E-state index contributed by atoms with van der Waals surface area (Å²) in [5.41, 5.74) is 4.64. The Morgan fingerprint density at radius 3 is 2.80 bits per heavy atom. The smallest absolute Gasteiger partial charge is 0.223 e. The van der Waals surface area contributed by atoms with Crippen molar-refractivity contribution in [3.8, 4) is 0 Å². The number of rotatable bonds is 0. The number of hydrogen-bond acceptors (Lipinski definition) is 3. The Labute approximate surface area is 29.5 Å². The van der Waals surface area contributed by atoms with Gasteiger partial charge in [-0.1, -0.05) is 5.59 Å². The second kappa shape index (κ2) is 0.944. The van der Waals surface area contributed by atoms with Crippen LogP contribution in [0.3, 0.4) is 0 Å². The van der Waals surface area contributed by atoms with Crippen LogP contribution in [-0.2, 0) is 4.84 Å². The highest BCUT2D eigenvalue weighted by Crippen LogP contribution is 1.66. The van der Waals surface area contributed by atoms with Crippen molar-refractivity contribution in [2.24, 2.45) is 0 Å². The van der Waals surface area contributed by atoms with Gasteiger partial charge in [-0.05, 0) is 0 Å². The highest BCUT2D eigenvalue weighted by molar-refractivity contribution is 4.49. The molecule has 0 aliphatic carbocycles. The van der Waals surface area contributed by atoms with Crippen LogP contribution >= 0.6 is 0 Å². The predicted molar refractivity (Wildman–Crippen MR) is 13.8 cm³/mol. The summed E-state index contributed by atoms with van der Waals surface area (Å²) in [7, 11) is 0. The van der Waals surface area contributed by atoms with Gasteiger partial charge < -0.3 is 4.84 Å². The lowest BCUT2D eigenvalue weighted by atomic mass is 11.0. The quantitative estimate of drug-likeness (QED) is 0.387. The Bertz CT molecular complexity index is 45.6. The molecule has 0 unspecified atom stereocenters. The van der Waals surface area contributed by atoms with Crippen molar-refractivity contribution in [1.29, 1.82) is 0 Å². The van der Waals surface area contributed by atoms with Gasteiger partial charge in [0, 0.05) is 0 Å². The molecule has 0 aromatic rings. The van der Waals surface area contributed by atoms with E-state index in [1.165, 1.54) is 0 Å². The lowest BCUT2D eigenvalue weighted by molar-refractivity contribution is 0.122. The lowest BCUT2D eigenvalue weighted by Crippen LogP contribution is -2.18. The number of nitrogens with one attached hydrogen (secondary N) is 2. The molecule has 1 aliphatic rings. The fourth-order valence-electron chi connectivity index (χ4n) is 0.128. The van der Waals surface area contributed by atoms with E-state index in [1.54, 1.807) is 0 Å². The predicted octanol–water partition coefficient (Wildman–Crippen LogP) is -0.897. The van der Waals surface area contributed by atoms with Crippen LogP contribution in [0.25, 0.3) is 0 Å². The normalized spacial score (nSPS) is 17.6. The van der Waals surface area contributed by atoms with Crippen LogP contribution in [0.15, 0.2) is 0 Å². The summed E-state index contributed by atoms with van der Waals surface area (Å²) in [5, 5.41) is 0. The van der Waals surface area contributed by atoms with Crippen molar-refractivity contribution in [3.63, 3.8) is 0 Å². The molecule has 0 aromatic heterocycles. The third kappa shape index (κ3) is 0.302. The Kier molecular flexibility index (Phi) is 0.478. The zero-order valence-corrected chi connectivity index (χ0v) is 2.41. The van der Waals surface area contributed by atoms with Crippen molar-refractivity contribution in [3.05, 3.63) is 12.5 Å². The first-order chi connectivity index (χ1) is 2.50. The standard InChI is InChI=1S/C2H2N2O/c1-2-5-4-3-1/h3-4H. The highest BCUT2D eigenvalue weighted by Gasteiger charge is 1.81. The SMILES string of the molecule is [C]1=[C]ONN1.